The van der Waals surface area contributed by atoms with E-state index in [2.05, 4.69) is 4.72 Å². The van der Waals surface area contributed by atoms with Crippen molar-refractivity contribution in [2.75, 3.05) is 21.9 Å². The Balaban J connectivity index is 2.02. The number of rotatable bonds is 6. The molecule has 1 heterocycles. The van der Waals surface area contributed by atoms with Crippen LogP contribution in [0.2, 0.25) is 0 Å². The predicted octanol–water partition coefficient (Wildman–Crippen LogP) is 2.01. The quantitative estimate of drug-likeness (QED) is 0.664. The van der Waals surface area contributed by atoms with Crippen molar-refractivity contribution in [2.24, 2.45) is 5.92 Å². The Bertz CT molecular complexity index is 1220. The number of Topliss-reactive ketones (excluding diaryl/α,β-unsaturated/α-hetero) is 1. The van der Waals surface area contributed by atoms with Crippen molar-refractivity contribution in [3.05, 3.63) is 48.0 Å². The van der Waals surface area contributed by atoms with Gasteiger partial charge in [0.25, 0.3) is 10.0 Å². The van der Waals surface area contributed by atoms with Crippen LogP contribution in [0.15, 0.2) is 47.4 Å². The molecule has 1 atom stereocenters. The number of sulfonamides is 2. The average Bonchev–Trinajstić information content (AvgIpc) is 2.88. The third-order valence-electron chi connectivity index (χ3n) is 4.58. The zero-order chi connectivity index (χ0) is 22.3. The zero-order valence-corrected chi connectivity index (χ0v) is 18.1. The molecule has 160 valence electrons. The fraction of sp³-hybridized carbons (Fsp3) is 0.263. The maximum Gasteiger partial charge on any atom is 0.265 e. The number of ketones is 1. The summed E-state index contributed by atoms with van der Waals surface area (Å²) < 4.78 is 58.7. The first-order valence-corrected chi connectivity index (χ1v) is 11.9. The monoisotopic (exact) mass is 452 g/mol. The smallest absolute Gasteiger partial charge is 0.265 e. The molecule has 0 aliphatic carbocycles. The first-order chi connectivity index (χ1) is 14.0. The molecule has 1 saturated heterocycles. The number of anilines is 2. The summed E-state index contributed by atoms with van der Waals surface area (Å²) in [5, 5.41) is 0. The van der Waals surface area contributed by atoms with Crippen molar-refractivity contribution in [1.82, 2.24) is 0 Å². The van der Waals surface area contributed by atoms with Gasteiger partial charge in [-0.1, -0.05) is 6.92 Å². The van der Waals surface area contributed by atoms with Crippen LogP contribution in [0.1, 0.15) is 24.2 Å². The minimum atomic E-state index is -4.20. The third kappa shape index (κ3) is 4.03. The largest absolute Gasteiger partial charge is 0.495 e. The van der Waals surface area contributed by atoms with E-state index in [0.29, 0.717) is 9.87 Å². The number of carbonyl (C=O) groups is 2. The summed E-state index contributed by atoms with van der Waals surface area (Å²) in [5.41, 5.74) is 0.535. The number of methoxy groups -OCH3 is 1. The van der Waals surface area contributed by atoms with E-state index in [1.165, 1.54) is 57.4 Å². The molecule has 1 aliphatic heterocycles. The maximum atomic E-state index is 13.0. The van der Waals surface area contributed by atoms with Crippen LogP contribution in [0, 0.1) is 5.92 Å². The highest BCUT2D eigenvalue weighted by molar-refractivity contribution is 7.94. The Labute approximate surface area is 174 Å². The van der Waals surface area contributed by atoms with Crippen LogP contribution < -0.4 is 13.8 Å². The molecule has 2 aromatic rings. The first-order valence-electron chi connectivity index (χ1n) is 8.85. The van der Waals surface area contributed by atoms with Crippen molar-refractivity contribution in [3.8, 4) is 5.75 Å². The van der Waals surface area contributed by atoms with Gasteiger partial charge in [0, 0.05) is 11.3 Å². The Kier molecular flexibility index (Phi) is 5.61. The number of hydrogen-bond donors (Lipinski definition) is 1. The summed E-state index contributed by atoms with van der Waals surface area (Å²) in [6.45, 7) is 2.89. The number of amides is 1. The van der Waals surface area contributed by atoms with E-state index in [1.807, 2.05) is 0 Å². The van der Waals surface area contributed by atoms with Gasteiger partial charge in [-0.25, -0.2) is 21.1 Å². The lowest BCUT2D eigenvalue weighted by molar-refractivity contribution is -0.119. The van der Waals surface area contributed by atoms with Gasteiger partial charge < -0.3 is 4.74 Å². The highest BCUT2D eigenvalue weighted by Gasteiger charge is 2.42. The van der Waals surface area contributed by atoms with Crippen LogP contribution >= 0.6 is 0 Å². The lowest BCUT2D eigenvalue weighted by Gasteiger charge is -2.18. The minimum absolute atomic E-state index is 0.0244. The van der Waals surface area contributed by atoms with E-state index in [-0.39, 0.29) is 33.6 Å². The van der Waals surface area contributed by atoms with Crippen LogP contribution in [0.3, 0.4) is 0 Å². The molecule has 1 fully saturated rings. The van der Waals surface area contributed by atoms with Gasteiger partial charge in [0.1, 0.15) is 10.6 Å². The van der Waals surface area contributed by atoms with Gasteiger partial charge in [-0.3, -0.25) is 14.3 Å². The maximum absolute atomic E-state index is 13.0. The summed E-state index contributed by atoms with van der Waals surface area (Å²) in [7, 11) is -6.83. The molecule has 0 bridgehead atoms. The lowest BCUT2D eigenvalue weighted by Crippen LogP contribution is -2.30. The fourth-order valence-corrected chi connectivity index (χ4v) is 6.13. The Morgan fingerprint density at radius 3 is 2.30 bits per heavy atom. The molecule has 0 saturated carbocycles. The number of carbonyl (C=O) groups excluding carboxylic acids is 2. The molecular weight excluding hydrogens is 432 g/mol. The van der Waals surface area contributed by atoms with Crippen LogP contribution in [-0.2, 0) is 24.8 Å². The second-order valence-corrected chi connectivity index (χ2v) is 10.4. The van der Waals surface area contributed by atoms with E-state index in [0.717, 1.165) is 6.07 Å². The third-order valence-corrected chi connectivity index (χ3v) is 7.85. The van der Waals surface area contributed by atoms with E-state index in [9.17, 15) is 26.4 Å². The van der Waals surface area contributed by atoms with Gasteiger partial charge in [-0.15, -0.1) is 0 Å². The van der Waals surface area contributed by atoms with Gasteiger partial charge in [0.15, 0.2) is 5.78 Å². The molecule has 0 spiro atoms. The Morgan fingerprint density at radius 1 is 1.17 bits per heavy atom. The van der Waals surface area contributed by atoms with Crippen molar-refractivity contribution < 1.29 is 31.2 Å². The van der Waals surface area contributed by atoms with E-state index in [4.69, 9.17) is 4.74 Å². The molecule has 0 radical (unpaired) electrons. The molecule has 1 amide bonds. The lowest BCUT2D eigenvalue weighted by atomic mass is 10.1. The molecule has 0 aromatic heterocycles. The molecule has 30 heavy (non-hydrogen) atoms. The van der Waals surface area contributed by atoms with Crippen molar-refractivity contribution in [1.29, 1.82) is 0 Å². The molecule has 1 N–H and O–H groups in total. The van der Waals surface area contributed by atoms with Gasteiger partial charge in [-0.2, -0.15) is 0 Å². The molecule has 0 unspecified atom stereocenters. The van der Waals surface area contributed by atoms with Gasteiger partial charge in [-0.05, 0) is 49.4 Å². The van der Waals surface area contributed by atoms with E-state index < -0.39 is 31.9 Å². The highest BCUT2D eigenvalue weighted by atomic mass is 32.2. The van der Waals surface area contributed by atoms with Crippen molar-refractivity contribution >= 4 is 43.1 Å². The zero-order valence-electron chi connectivity index (χ0n) is 16.4. The van der Waals surface area contributed by atoms with Crippen LogP contribution in [-0.4, -0.2) is 41.4 Å². The molecule has 11 heteroatoms. The van der Waals surface area contributed by atoms with Gasteiger partial charge in [0.2, 0.25) is 15.9 Å². The predicted molar refractivity (Wildman–Crippen MR) is 111 cm³/mol. The molecule has 2 aromatic carbocycles. The first kappa shape index (κ1) is 21.8. The summed E-state index contributed by atoms with van der Waals surface area (Å²) in [6, 6.07) is 9.50. The normalized spacial score (nSPS) is 18.3. The Hall–Kier alpha value is -2.92. The van der Waals surface area contributed by atoms with Crippen LogP contribution in [0.25, 0.3) is 0 Å². The second-order valence-electron chi connectivity index (χ2n) is 6.86. The minimum Gasteiger partial charge on any atom is -0.495 e. The average molecular weight is 453 g/mol. The second kappa shape index (κ2) is 7.73. The number of nitrogens with zero attached hydrogens (tertiary/aromatic N) is 1. The number of hydrogen-bond acceptors (Lipinski definition) is 7. The molecule has 1 aliphatic rings. The molecular formula is C19H20N2O7S2. The Morgan fingerprint density at radius 2 is 1.80 bits per heavy atom. The standard InChI is InChI=1S/C19H20N2O7S2/c1-12-11-29(24,25)21(19(12)23)16-8-9-17(28-3)18(10-16)30(26,27)20-15-6-4-14(5-7-15)13(2)22/h4-10,12,20H,11H2,1-3H3/t12-/m0/s1. The van der Waals surface area contributed by atoms with Gasteiger partial charge >= 0.3 is 0 Å². The number of nitrogens with one attached hydrogen (secondary N) is 1. The number of ether oxygens (including phenoxy) is 1. The van der Waals surface area contributed by atoms with Gasteiger partial charge in [0.05, 0.1) is 24.5 Å². The van der Waals surface area contributed by atoms with E-state index >= 15 is 0 Å². The van der Waals surface area contributed by atoms with E-state index in [1.54, 1.807) is 0 Å². The molecule has 3 rings (SSSR count). The fourth-order valence-electron chi connectivity index (χ4n) is 3.07. The number of benzene rings is 2. The van der Waals surface area contributed by atoms with Crippen LogP contribution in [0.4, 0.5) is 11.4 Å². The SMILES string of the molecule is COc1ccc(N2C(=O)[C@@H](C)CS2(=O)=O)cc1S(=O)(=O)Nc1ccc(C(C)=O)cc1. The van der Waals surface area contributed by atoms with Crippen LogP contribution in [0.5, 0.6) is 5.75 Å². The summed E-state index contributed by atoms with van der Waals surface area (Å²) >= 11 is 0. The van der Waals surface area contributed by atoms with Crippen molar-refractivity contribution in [3.63, 3.8) is 0 Å². The summed E-state index contributed by atoms with van der Waals surface area (Å²) in [6.07, 6.45) is 0. The topological polar surface area (TPSA) is 127 Å². The van der Waals surface area contributed by atoms with Crippen molar-refractivity contribution in [2.45, 2.75) is 18.7 Å². The molecule has 9 nitrogen and oxygen atoms in total. The summed E-state index contributed by atoms with van der Waals surface area (Å²) in [4.78, 5) is 23.4. The summed E-state index contributed by atoms with van der Waals surface area (Å²) in [5.74, 6) is -1.89. The highest BCUT2D eigenvalue weighted by Crippen LogP contribution is 2.34.